The van der Waals surface area contributed by atoms with Gasteiger partial charge in [-0.05, 0) is 43.4 Å². The van der Waals surface area contributed by atoms with Gasteiger partial charge in [-0.3, -0.25) is 9.59 Å². The number of anilines is 1. The molecule has 1 N–H and O–H groups in total. The first-order chi connectivity index (χ1) is 12.2. The summed E-state index contributed by atoms with van der Waals surface area (Å²) in [5.74, 6) is 0.750. The summed E-state index contributed by atoms with van der Waals surface area (Å²) < 4.78 is 0. The number of nitrogens with zero attached hydrogens (tertiary/aromatic N) is 2. The quantitative estimate of drug-likeness (QED) is 0.898. The van der Waals surface area contributed by atoms with E-state index >= 15 is 0 Å². The Hall–Kier alpha value is -1.53. The molecule has 0 aliphatic carbocycles. The van der Waals surface area contributed by atoms with Crippen LogP contribution < -0.4 is 10.2 Å². The summed E-state index contributed by atoms with van der Waals surface area (Å²) in [6, 6.07) is 7.96. The molecule has 2 saturated heterocycles. The monoisotopic (exact) mass is 359 g/mol. The highest BCUT2D eigenvalue weighted by Gasteiger charge is 2.38. The maximum absolute atomic E-state index is 12.6. The standard InChI is InChI=1S/C19H25N3O2S/c23-17(21-11-7-19(8-12-21)6-9-20-14-19)5-10-22-15-3-1-2-4-16(15)25-13-18(22)24/h1-4,20H,5-14H2. The Morgan fingerprint density at radius 2 is 2.00 bits per heavy atom. The van der Waals surface area contributed by atoms with Crippen LogP contribution in [0.5, 0.6) is 0 Å². The van der Waals surface area contributed by atoms with Gasteiger partial charge in [0.15, 0.2) is 0 Å². The SMILES string of the molecule is O=C(CCN1C(=O)CSc2ccccc21)N1CCC2(CCNC2)CC1. The molecule has 0 atom stereocenters. The summed E-state index contributed by atoms with van der Waals surface area (Å²) in [6.45, 7) is 4.43. The molecule has 3 heterocycles. The minimum atomic E-state index is 0.103. The molecule has 2 fully saturated rings. The lowest BCUT2D eigenvalue weighted by Crippen LogP contribution is -2.45. The number of thioether (sulfide) groups is 1. The van der Waals surface area contributed by atoms with Crippen molar-refractivity contribution >= 4 is 29.3 Å². The highest BCUT2D eigenvalue weighted by Crippen LogP contribution is 2.37. The van der Waals surface area contributed by atoms with Crippen LogP contribution >= 0.6 is 11.8 Å². The Labute approximate surface area is 153 Å². The molecule has 1 aromatic rings. The summed E-state index contributed by atoms with van der Waals surface area (Å²) >= 11 is 1.58. The van der Waals surface area contributed by atoms with Gasteiger partial charge in [-0.1, -0.05) is 12.1 Å². The first kappa shape index (κ1) is 16.9. The van der Waals surface area contributed by atoms with Crippen LogP contribution in [0.3, 0.4) is 0 Å². The van der Waals surface area contributed by atoms with E-state index in [1.807, 2.05) is 29.2 Å². The van der Waals surface area contributed by atoms with Gasteiger partial charge in [0.25, 0.3) is 0 Å². The minimum Gasteiger partial charge on any atom is -0.343 e. The molecule has 4 rings (SSSR count). The van der Waals surface area contributed by atoms with Crippen molar-refractivity contribution in [2.75, 3.05) is 43.4 Å². The third kappa shape index (κ3) is 3.42. The summed E-state index contributed by atoms with van der Waals surface area (Å²) in [6.07, 6.45) is 3.86. The lowest BCUT2D eigenvalue weighted by molar-refractivity contribution is -0.133. The molecule has 1 aromatic carbocycles. The van der Waals surface area contributed by atoms with Crippen LogP contribution in [0.1, 0.15) is 25.7 Å². The number of piperidine rings is 1. The zero-order valence-corrected chi connectivity index (χ0v) is 15.3. The van der Waals surface area contributed by atoms with Gasteiger partial charge in [0.05, 0.1) is 11.4 Å². The Morgan fingerprint density at radius 1 is 1.20 bits per heavy atom. The van der Waals surface area contributed by atoms with Crippen LogP contribution in [0.2, 0.25) is 0 Å². The normalized spacial score (nSPS) is 22.3. The fourth-order valence-corrected chi connectivity index (χ4v) is 5.15. The second-order valence-electron chi connectivity index (χ2n) is 7.36. The number of likely N-dealkylation sites (tertiary alicyclic amines) is 1. The average Bonchev–Trinajstić information content (AvgIpc) is 3.09. The summed E-state index contributed by atoms with van der Waals surface area (Å²) in [5.41, 5.74) is 1.38. The number of hydrogen-bond donors (Lipinski definition) is 1. The maximum atomic E-state index is 12.6. The Kier molecular flexibility index (Phi) is 4.73. The number of hydrogen-bond acceptors (Lipinski definition) is 4. The van der Waals surface area contributed by atoms with Crippen LogP contribution in [-0.4, -0.2) is 55.2 Å². The van der Waals surface area contributed by atoms with E-state index in [4.69, 9.17) is 0 Å². The van der Waals surface area contributed by atoms with Crippen molar-refractivity contribution in [2.45, 2.75) is 30.6 Å². The van der Waals surface area contributed by atoms with Crippen molar-refractivity contribution in [1.82, 2.24) is 10.2 Å². The molecule has 1 spiro atoms. The Balaban J connectivity index is 1.34. The van der Waals surface area contributed by atoms with E-state index in [9.17, 15) is 9.59 Å². The number of carbonyl (C=O) groups is 2. The molecule has 6 heteroatoms. The summed E-state index contributed by atoms with van der Waals surface area (Å²) in [4.78, 5) is 29.8. The number of para-hydroxylation sites is 1. The summed E-state index contributed by atoms with van der Waals surface area (Å²) in [5, 5.41) is 3.46. The number of amides is 2. The van der Waals surface area contributed by atoms with E-state index < -0.39 is 0 Å². The lowest BCUT2D eigenvalue weighted by Gasteiger charge is -2.39. The van der Waals surface area contributed by atoms with E-state index in [2.05, 4.69) is 5.32 Å². The van der Waals surface area contributed by atoms with Crippen molar-refractivity contribution in [3.63, 3.8) is 0 Å². The fraction of sp³-hybridized carbons (Fsp3) is 0.579. The molecule has 0 unspecified atom stereocenters. The predicted molar refractivity (Wildman–Crippen MR) is 99.9 cm³/mol. The Bertz CT molecular complexity index is 662. The van der Waals surface area contributed by atoms with E-state index in [0.717, 1.165) is 49.6 Å². The van der Waals surface area contributed by atoms with Gasteiger partial charge in [-0.25, -0.2) is 0 Å². The van der Waals surface area contributed by atoms with Crippen LogP contribution in [0.4, 0.5) is 5.69 Å². The van der Waals surface area contributed by atoms with Gasteiger partial charge in [0, 0.05) is 37.5 Å². The van der Waals surface area contributed by atoms with Gasteiger partial charge in [-0.2, -0.15) is 0 Å². The number of nitrogens with one attached hydrogen (secondary N) is 1. The maximum Gasteiger partial charge on any atom is 0.237 e. The minimum absolute atomic E-state index is 0.103. The van der Waals surface area contributed by atoms with E-state index in [0.29, 0.717) is 24.1 Å². The van der Waals surface area contributed by atoms with Crippen molar-refractivity contribution < 1.29 is 9.59 Å². The first-order valence-corrected chi connectivity index (χ1v) is 10.2. The lowest BCUT2D eigenvalue weighted by atomic mass is 9.78. The van der Waals surface area contributed by atoms with E-state index in [1.165, 1.54) is 6.42 Å². The molecule has 0 aromatic heterocycles. The molecule has 2 amide bonds. The largest absolute Gasteiger partial charge is 0.343 e. The van der Waals surface area contributed by atoms with Crippen LogP contribution in [0.25, 0.3) is 0 Å². The molecular formula is C19H25N3O2S. The first-order valence-electron chi connectivity index (χ1n) is 9.18. The van der Waals surface area contributed by atoms with E-state index in [1.54, 1.807) is 16.7 Å². The number of benzene rings is 1. The topological polar surface area (TPSA) is 52.7 Å². The van der Waals surface area contributed by atoms with Crippen molar-refractivity contribution in [1.29, 1.82) is 0 Å². The third-order valence-electron chi connectivity index (χ3n) is 5.87. The molecule has 0 saturated carbocycles. The zero-order chi connectivity index (χ0) is 17.3. The van der Waals surface area contributed by atoms with Gasteiger partial charge in [-0.15, -0.1) is 11.8 Å². The summed E-state index contributed by atoms with van der Waals surface area (Å²) in [7, 11) is 0. The highest BCUT2D eigenvalue weighted by atomic mass is 32.2. The molecule has 0 radical (unpaired) electrons. The van der Waals surface area contributed by atoms with Crippen molar-refractivity contribution in [2.24, 2.45) is 5.41 Å². The fourth-order valence-electron chi connectivity index (χ4n) is 4.22. The Morgan fingerprint density at radius 3 is 2.76 bits per heavy atom. The molecular weight excluding hydrogens is 334 g/mol. The zero-order valence-electron chi connectivity index (χ0n) is 14.5. The second kappa shape index (κ2) is 7.00. The number of carbonyl (C=O) groups excluding carboxylic acids is 2. The van der Waals surface area contributed by atoms with Crippen molar-refractivity contribution in [3.8, 4) is 0 Å². The van der Waals surface area contributed by atoms with Gasteiger partial charge < -0.3 is 15.1 Å². The van der Waals surface area contributed by atoms with Crippen molar-refractivity contribution in [3.05, 3.63) is 24.3 Å². The van der Waals surface area contributed by atoms with Crippen LogP contribution in [0.15, 0.2) is 29.2 Å². The second-order valence-corrected chi connectivity index (χ2v) is 8.38. The third-order valence-corrected chi connectivity index (χ3v) is 6.91. The van der Waals surface area contributed by atoms with Gasteiger partial charge in [0.2, 0.25) is 11.8 Å². The molecule has 3 aliphatic rings. The van der Waals surface area contributed by atoms with Crippen LogP contribution in [0, 0.1) is 5.41 Å². The smallest absolute Gasteiger partial charge is 0.237 e. The number of rotatable bonds is 3. The number of fused-ring (bicyclic) bond motifs is 1. The van der Waals surface area contributed by atoms with Crippen LogP contribution in [-0.2, 0) is 9.59 Å². The average molecular weight is 359 g/mol. The predicted octanol–water partition coefficient (Wildman–Crippen LogP) is 2.12. The van der Waals surface area contributed by atoms with E-state index in [-0.39, 0.29) is 11.8 Å². The molecule has 25 heavy (non-hydrogen) atoms. The van der Waals surface area contributed by atoms with Gasteiger partial charge >= 0.3 is 0 Å². The molecule has 3 aliphatic heterocycles. The molecule has 134 valence electrons. The molecule has 0 bridgehead atoms. The van der Waals surface area contributed by atoms with Gasteiger partial charge in [0.1, 0.15) is 0 Å². The highest BCUT2D eigenvalue weighted by molar-refractivity contribution is 8.00. The molecule has 5 nitrogen and oxygen atoms in total.